The normalized spacial score (nSPS) is 14.3. The molecule has 0 radical (unpaired) electrons. The van der Waals surface area contributed by atoms with Gasteiger partial charge in [-0.15, -0.1) is 0 Å². The van der Waals surface area contributed by atoms with Crippen molar-refractivity contribution in [3.63, 3.8) is 0 Å². The van der Waals surface area contributed by atoms with Crippen molar-refractivity contribution in [3.05, 3.63) is 36.4 Å². The van der Waals surface area contributed by atoms with Crippen molar-refractivity contribution in [2.45, 2.75) is 0 Å². The first kappa shape index (κ1) is 7.68. The molecule has 14 heavy (non-hydrogen) atoms. The molecule has 0 bridgehead atoms. The Morgan fingerprint density at radius 3 is 3.00 bits per heavy atom. The van der Waals surface area contributed by atoms with Gasteiger partial charge < -0.3 is 10.1 Å². The minimum Gasteiger partial charge on any atom is -0.489 e. The molecule has 1 aliphatic heterocycles. The van der Waals surface area contributed by atoms with Crippen LogP contribution in [0.3, 0.4) is 0 Å². The third kappa shape index (κ3) is 1.04. The second-order valence-electron chi connectivity index (χ2n) is 3.44. The fourth-order valence-electron chi connectivity index (χ4n) is 1.88. The molecular weight excluding hydrogens is 174 g/mol. The van der Waals surface area contributed by atoms with Gasteiger partial charge >= 0.3 is 0 Å². The molecule has 2 aromatic rings. The summed E-state index contributed by atoms with van der Waals surface area (Å²) in [4.78, 5) is 0. The van der Waals surface area contributed by atoms with Crippen LogP contribution in [0.1, 0.15) is 0 Å². The summed E-state index contributed by atoms with van der Waals surface area (Å²) in [6, 6.07) is 12.5. The summed E-state index contributed by atoms with van der Waals surface area (Å²) < 4.78 is 5.67. The first-order valence-corrected chi connectivity index (χ1v) is 4.83. The average molecular weight is 185 g/mol. The van der Waals surface area contributed by atoms with E-state index < -0.39 is 0 Å². The molecule has 0 unspecified atom stereocenters. The summed E-state index contributed by atoms with van der Waals surface area (Å²) in [5.74, 6) is 0.995. The highest BCUT2D eigenvalue weighted by Gasteiger charge is 2.11. The molecule has 0 saturated heterocycles. The van der Waals surface area contributed by atoms with Crippen molar-refractivity contribution in [1.29, 1.82) is 0 Å². The van der Waals surface area contributed by atoms with E-state index in [1.807, 2.05) is 12.1 Å². The third-order valence-corrected chi connectivity index (χ3v) is 2.54. The van der Waals surface area contributed by atoms with Gasteiger partial charge in [0.1, 0.15) is 12.4 Å². The summed E-state index contributed by atoms with van der Waals surface area (Å²) in [6.07, 6.45) is 0. The van der Waals surface area contributed by atoms with Crippen molar-refractivity contribution >= 4 is 16.5 Å². The number of anilines is 1. The minimum atomic E-state index is 0.751. The van der Waals surface area contributed by atoms with Crippen LogP contribution in [0, 0.1) is 0 Å². The largest absolute Gasteiger partial charge is 0.489 e. The summed E-state index contributed by atoms with van der Waals surface area (Å²) in [5, 5.41) is 5.75. The summed E-state index contributed by atoms with van der Waals surface area (Å²) >= 11 is 0. The number of benzene rings is 2. The molecule has 0 fully saturated rings. The summed E-state index contributed by atoms with van der Waals surface area (Å²) in [7, 11) is 0. The monoisotopic (exact) mass is 185 g/mol. The Bertz CT molecular complexity index is 479. The predicted molar refractivity (Wildman–Crippen MR) is 57.9 cm³/mol. The van der Waals surface area contributed by atoms with E-state index in [1.165, 1.54) is 10.8 Å². The minimum absolute atomic E-state index is 0.751. The van der Waals surface area contributed by atoms with Crippen LogP contribution in [0.25, 0.3) is 10.8 Å². The molecule has 3 rings (SSSR count). The van der Waals surface area contributed by atoms with Gasteiger partial charge in [-0.1, -0.05) is 30.3 Å². The SMILES string of the molecule is c1ccc2c3c(ccc2c1)NCCO3. The van der Waals surface area contributed by atoms with E-state index in [-0.39, 0.29) is 0 Å². The zero-order valence-corrected chi connectivity index (χ0v) is 7.79. The van der Waals surface area contributed by atoms with Crippen LogP contribution < -0.4 is 10.1 Å². The van der Waals surface area contributed by atoms with E-state index >= 15 is 0 Å². The summed E-state index contributed by atoms with van der Waals surface area (Å²) in [5.41, 5.74) is 1.11. The second-order valence-corrected chi connectivity index (χ2v) is 3.44. The van der Waals surface area contributed by atoms with Crippen molar-refractivity contribution < 1.29 is 4.74 Å². The number of fused-ring (bicyclic) bond motifs is 3. The molecule has 0 spiro atoms. The Hall–Kier alpha value is -1.70. The second kappa shape index (κ2) is 2.91. The molecule has 2 aromatic carbocycles. The Kier molecular flexibility index (Phi) is 1.60. The predicted octanol–water partition coefficient (Wildman–Crippen LogP) is 2.64. The molecule has 1 N–H and O–H groups in total. The zero-order chi connectivity index (χ0) is 9.38. The molecule has 2 heteroatoms. The van der Waals surface area contributed by atoms with Crippen molar-refractivity contribution in [1.82, 2.24) is 0 Å². The first-order valence-electron chi connectivity index (χ1n) is 4.83. The highest BCUT2D eigenvalue weighted by molar-refractivity contribution is 5.93. The molecule has 0 amide bonds. The lowest BCUT2D eigenvalue weighted by molar-refractivity contribution is 0.327. The quantitative estimate of drug-likeness (QED) is 0.681. The Labute approximate surface area is 82.5 Å². The topological polar surface area (TPSA) is 21.3 Å². The molecular formula is C12H11NO. The number of hydrogen-bond donors (Lipinski definition) is 1. The van der Waals surface area contributed by atoms with Crippen LogP contribution in [-0.4, -0.2) is 13.2 Å². The van der Waals surface area contributed by atoms with Gasteiger partial charge in [-0.25, -0.2) is 0 Å². The van der Waals surface area contributed by atoms with E-state index in [1.54, 1.807) is 0 Å². The molecule has 0 aliphatic carbocycles. The molecule has 0 saturated carbocycles. The van der Waals surface area contributed by atoms with E-state index in [0.29, 0.717) is 0 Å². The fraction of sp³-hybridized carbons (Fsp3) is 0.167. The van der Waals surface area contributed by atoms with E-state index in [4.69, 9.17) is 4.74 Å². The Morgan fingerprint density at radius 1 is 1.07 bits per heavy atom. The average Bonchev–Trinajstić information content (AvgIpc) is 2.29. The lowest BCUT2D eigenvalue weighted by Gasteiger charge is -2.20. The van der Waals surface area contributed by atoms with Gasteiger partial charge in [-0.05, 0) is 11.5 Å². The van der Waals surface area contributed by atoms with Gasteiger partial charge in [-0.3, -0.25) is 0 Å². The number of hydrogen-bond acceptors (Lipinski definition) is 2. The molecule has 1 heterocycles. The van der Waals surface area contributed by atoms with Crippen LogP contribution >= 0.6 is 0 Å². The van der Waals surface area contributed by atoms with Crippen LogP contribution in [0.15, 0.2) is 36.4 Å². The smallest absolute Gasteiger partial charge is 0.150 e. The van der Waals surface area contributed by atoms with Gasteiger partial charge in [0.05, 0.1) is 5.69 Å². The lowest BCUT2D eigenvalue weighted by Crippen LogP contribution is -2.17. The van der Waals surface area contributed by atoms with Gasteiger partial charge in [-0.2, -0.15) is 0 Å². The Morgan fingerprint density at radius 2 is 2.00 bits per heavy atom. The van der Waals surface area contributed by atoms with E-state index in [2.05, 4.69) is 29.6 Å². The highest BCUT2D eigenvalue weighted by Crippen LogP contribution is 2.35. The lowest BCUT2D eigenvalue weighted by atomic mass is 10.1. The first-order chi connectivity index (χ1) is 6.95. The number of nitrogens with one attached hydrogen (secondary N) is 1. The summed E-state index contributed by atoms with van der Waals surface area (Å²) in [6.45, 7) is 1.65. The molecule has 1 aliphatic rings. The highest BCUT2D eigenvalue weighted by atomic mass is 16.5. The van der Waals surface area contributed by atoms with Crippen LogP contribution in [-0.2, 0) is 0 Å². The maximum atomic E-state index is 5.67. The van der Waals surface area contributed by atoms with Gasteiger partial charge in [0.15, 0.2) is 0 Å². The third-order valence-electron chi connectivity index (χ3n) is 2.54. The van der Waals surface area contributed by atoms with Crippen LogP contribution in [0.2, 0.25) is 0 Å². The molecule has 2 nitrogen and oxygen atoms in total. The van der Waals surface area contributed by atoms with Gasteiger partial charge in [0.2, 0.25) is 0 Å². The maximum absolute atomic E-state index is 5.67. The number of rotatable bonds is 0. The number of ether oxygens (including phenoxy) is 1. The van der Waals surface area contributed by atoms with Crippen molar-refractivity contribution in [2.75, 3.05) is 18.5 Å². The van der Waals surface area contributed by atoms with E-state index in [0.717, 1.165) is 24.6 Å². The molecule has 0 aromatic heterocycles. The standard InChI is InChI=1S/C12H11NO/c1-2-4-10-9(3-1)5-6-11-12(10)14-8-7-13-11/h1-6,13H,7-8H2. The molecule has 70 valence electrons. The van der Waals surface area contributed by atoms with Crippen molar-refractivity contribution in [2.24, 2.45) is 0 Å². The van der Waals surface area contributed by atoms with E-state index in [9.17, 15) is 0 Å². The maximum Gasteiger partial charge on any atom is 0.150 e. The zero-order valence-electron chi connectivity index (χ0n) is 7.79. The van der Waals surface area contributed by atoms with Crippen LogP contribution in [0.5, 0.6) is 5.75 Å². The van der Waals surface area contributed by atoms with Gasteiger partial charge in [0.25, 0.3) is 0 Å². The van der Waals surface area contributed by atoms with Gasteiger partial charge in [0, 0.05) is 11.9 Å². The molecule has 0 atom stereocenters. The van der Waals surface area contributed by atoms with Crippen molar-refractivity contribution in [3.8, 4) is 5.75 Å². The van der Waals surface area contributed by atoms with Crippen LogP contribution in [0.4, 0.5) is 5.69 Å². The fourth-order valence-corrected chi connectivity index (χ4v) is 1.88. The Balaban J connectivity index is 2.34.